The Morgan fingerprint density at radius 3 is 2.30 bits per heavy atom. The van der Waals surface area contributed by atoms with Crippen LogP contribution >= 0.6 is 0 Å². The molecule has 2 aromatic carbocycles. The fraction of sp³-hybridized carbons (Fsp3) is 0.304. The molecule has 10 heteroatoms. The molecule has 33 heavy (non-hydrogen) atoms. The highest BCUT2D eigenvalue weighted by molar-refractivity contribution is 6.21. The fourth-order valence-corrected chi connectivity index (χ4v) is 4.15. The molecule has 0 radical (unpaired) electrons. The fourth-order valence-electron chi connectivity index (χ4n) is 4.15. The Labute approximate surface area is 189 Å². The standard InChI is InChI=1S/C14H14N2O5.C9H7NO2/c17-13-8-19-4-3-15(13)9-1-2-11-12(5-9)20-6-10-7-21-14(18)16(10)11;1-10-8(11)6-4-2-3-5-7(6)9(10)12/h1-2,5,10H,3-4,6-8H2;2-5H,1H3. The Hall–Kier alpha value is -3.92. The van der Waals surface area contributed by atoms with Crippen LogP contribution in [-0.4, -0.2) is 74.8 Å². The van der Waals surface area contributed by atoms with Gasteiger partial charge in [-0.3, -0.25) is 24.2 Å². The molecule has 0 aliphatic carbocycles. The zero-order chi connectivity index (χ0) is 23.1. The van der Waals surface area contributed by atoms with Gasteiger partial charge in [-0.25, -0.2) is 4.79 Å². The van der Waals surface area contributed by atoms with Crippen molar-refractivity contribution in [2.24, 2.45) is 0 Å². The summed E-state index contributed by atoms with van der Waals surface area (Å²) >= 11 is 0. The molecule has 0 bridgehead atoms. The van der Waals surface area contributed by atoms with E-state index in [4.69, 9.17) is 14.2 Å². The minimum Gasteiger partial charge on any atom is -0.489 e. The van der Waals surface area contributed by atoms with Crippen molar-refractivity contribution >= 4 is 35.2 Å². The van der Waals surface area contributed by atoms with Crippen LogP contribution in [-0.2, 0) is 14.3 Å². The van der Waals surface area contributed by atoms with Crippen molar-refractivity contribution in [3.05, 3.63) is 53.6 Å². The maximum absolute atomic E-state index is 11.9. The van der Waals surface area contributed by atoms with Gasteiger partial charge < -0.3 is 19.1 Å². The minimum absolute atomic E-state index is 0.0686. The van der Waals surface area contributed by atoms with E-state index in [9.17, 15) is 19.2 Å². The molecular weight excluding hydrogens is 430 g/mol. The summed E-state index contributed by atoms with van der Waals surface area (Å²) in [5.74, 6) is 0.101. The number of fused-ring (bicyclic) bond motifs is 4. The molecule has 6 rings (SSSR count). The van der Waals surface area contributed by atoms with E-state index >= 15 is 0 Å². The number of amides is 4. The van der Waals surface area contributed by atoms with E-state index in [0.29, 0.717) is 48.9 Å². The smallest absolute Gasteiger partial charge is 0.414 e. The summed E-state index contributed by atoms with van der Waals surface area (Å²) < 4.78 is 15.9. The van der Waals surface area contributed by atoms with Gasteiger partial charge in [0.25, 0.3) is 17.7 Å². The van der Waals surface area contributed by atoms with Crippen molar-refractivity contribution in [3.63, 3.8) is 0 Å². The van der Waals surface area contributed by atoms with Gasteiger partial charge in [-0.05, 0) is 24.3 Å². The van der Waals surface area contributed by atoms with E-state index in [2.05, 4.69) is 0 Å². The third-order valence-electron chi connectivity index (χ3n) is 5.89. The molecule has 4 aliphatic heterocycles. The Balaban J connectivity index is 0.000000162. The van der Waals surface area contributed by atoms with Gasteiger partial charge in [-0.2, -0.15) is 0 Å². The van der Waals surface area contributed by atoms with Crippen molar-refractivity contribution in [1.82, 2.24) is 4.90 Å². The van der Waals surface area contributed by atoms with Crippen LogP contribution in [0.15, 0.2) is 42.5 Å². The number of rotatable bonds is 1. The number of nitrogens with zero attached hydrogens (tertiary/aromatic N) is 3. The second-order valence-corrected chi connectivity index (χ2v) is 7.88. The van der Waals surface area contributed by atoms with Crippen LogP contribution in [0.1, 0.15) is 20.7 Å². The van der Waals surface area contributed by atoms with Gasteiger partial charge in [-0.15, -0.1) is 0 Å². The van der Waals surface area contributed by atoms with E-state index in [-0.39, 0.29) is 36.5 Å². The maximum atomic E-state index is 11.9. The van der Waals surface area contributed by atoms with Crippen molar-refractivity contribution in [2.75, 3.05) is 49.8 Å². The van der Waals surface area contributed by atoms with E-state index in [0.717, 1.165) is 10.6 Å². The number of carbonyl (C=O) groups excluding carboxylic acids is 4. The Kier molecular flexibility index (Phi) is 5.21. The van der Waals surface area contributed by atoms with Crippen LogP contribution in [0.2, 0.25) is 0 Å². The SMILES string of the molecule is CN1C(=O)c2ccccc2C1=O.O=C1COCCN1c1ccc2c(c1)OCC1COC(=O)N21. The molecule has 2 saturated heterocycles. The lowest BCUT2D eigenvalue weighted by Crippen LogP contribution is -2.43. The van der Waals surface area contributed by atoms with Gasteiger partial charge in [0.1, 0.15) is 31.6 Å². The number of morpholine rings is 1. The molecule has 0 spiro atoms. The van der Waals surface area contributed by atoms with Crippen molar-refractivity contribution in [1.29, 1.82) is 0 Å². The molecule has 0 aromatic heterocycles. The predicted molar refractivity (Wildman–Crippen MR) is 116 cm³/mol. The van der Waals surface area contributed by atoms with Crippen molar-refractivity contribution in [3.8, 4) is 5.75 Å². The monoisotopic (exact) mass is 451 g/mol. The molecule has 4 heterocycles. The number of hydrogen-bond acceptors (Lipinski definition) is 7. The summed E-state index contributed by atoms with van der Waals surface area (Å²) in [6.07, 6.45) is -0.347. The third kappa shape index (κ3) is 3.58. The molecule has 1 atom stereocenters. The largest absolute Gasteiger partial charge is 0.489 e. The molecule has 0 saturated carbocycles. The highest BCUT2D eigenvalue weighted by Crippen LogP contribution is 2.39. The number of hydrogen-bond donors (Lipinski definition) is 0. The van der Waals surface area contributed by atoms with E-state index in [1.807, 2.05) is 6.07 Å². The number of anilines is 2. The summed E-state index contributed by atoms with van der Waals surface area (Å²) in [6.45, 7) is 1.88. The zero-order valence-corrected chi connectivity index (χ0v) is 17.9. The quantitative estimate of drug-likeness (QED) is 0.608. The van der Waals surface area contributed by atoms with Gasteiger partial charge >= 0.3 is 6.09 Å². The van der Waals surface area contributed by atoms with Crippen LogP contribution in [0.4, 0.5) is 16.2 Å². The summed E-state index contributed by atoms with van der Waals surface area (Å²) in [5, 5.41) is 0. The summed E-state index contributed by atoms with van der Waals surface area (Å²) in [6, 6.07) is 12.2. The van der Waals surface area contributed by atoms with Crippen LogP contribution in [0.3, 0.4) is 0 Å². The lowest BCUT2D eigenvalue weighted by atomic mass is 10.1. The first kappa shape index (κ1) is 21.0. The molecule has 4 aliphatic rings. The molecule has 170 valence electrons. The molecule has 1 unspecified atom stereocenters. The number of ether oxygens (including phenoxy) is 3. The van der Waals surface area contributed by atoms with E-state index in [1.165, 1.54) is 7.05 Å². The van der Waals surface area contributed by atoms with E-state index in [1.54, 1.807) is 46.2 Å². The van der Waals surface area contributed by atoms with Crippen LogP contribution < -0.4 is 14.5 Å². The summed E-state index contributed by atoms with van der Waals surface area (Å²) in [4.78, 5) is 50.7. The van der Waals surface area contributed by atoms with E-state index < -0.39 is 0 Å². The van der Waals surface area contributed by atoms with Gasteiger partial charge in [0.05, 0.1) is 23.4 Å². The first-order valence-corrected chi connectivity index (χ1v) is 10.5. The average Bonchev–Trinajstić information content (AvgIpc) is 3.33. The van der Waals surface area contributed by atoms with Crippen molar-refractivity contribution in [2.45, 2.75) is 6.04 Å². The zero-order valence-electron chi connectivity index (χ0n) is 17.9. The van der Waals surface area contributed by atoms with Gasteiger partial charge in [-0.1, -0.05) is 12.1 Å². The van der Waals surface area contributed by atoms with Crippen LogP contribution in [0.5, 0.6) is 5.75 Å². The van der Waals surface area contributed by atoms with Gasteiger partial charge in [0, 0.05) is 25.3 Å². The lowest BCUT2D eigenvalue weighted by molar-refractivity contribution is -0.125. The number of benzene rings is 2. The number of carbonyl (C=O) groups is 4. The second kappa shape index (κ2) is 8.21. The second-order valence-electron chi connectivity index (χ2n) is 7.88. The Morgan fingerprint density at radius 2 is 1.61 bits per heavy atom. The molecule has 2 aromatic rings. The first-order valence-electron chi connectivity index (χ1n) is 10.5. The van der Waals surface area contributed by atoms with Crippen molar-refractivity contribution < 1.29 is 33.4 Å². The highest BCUT2D eigenvalue weighted by atomic mass is 16.6. The summed E-state index contributed by atoms with van der Waals surface area (Å²) in [7, 11) is 1.49. The highest BCUT2D eigenvalue weighted by Gasteiger charge is 2.39. The molecule has 10 nitrogen and oxygen atoms in total. The third-order valence-corrected chi connectivity index (χ3v) is 5.89. The first-order chi connectivity index (χ1) is 16.0. The number of cyclic esters (lactones) is 1. The normalized spacial score (nSPS) is 21.0. The van der Waals surface area contributed by atoms with Gasteiger partial charge in [0.2, 0.25) is 0 Å². The van der Waals surface area contributed by atoms with Crippen LogP contribution in [0.25, 0.3) is 0 Å². The predicted octanol–water partition coefficient (Wildman–Crippen LogP) is 1.68. The Bertz CT molecular complexity index is 1130. The van der Waals surface area contributed by atoms with Crippen LogP contribution in [0, 0.1) is 0 Å². The summed E-state index contributed by atoms with van der Waals surface area (Å²) in [5.41, 5.74) is 2.46. The van der Waals surface area contributed by atoms with Gasteiger partial charge in [0.15, 0.2) is 0 Å². The molecule has 4 amide bonds. The topological polar surface area (TPSA) is 106 Å². The Morgan fingerprint density at radius 1 is 0.909 bits per heavy atom. The lowest BCUT2D eigenvalue weighted by Gasteiger charge is -2.31. The maximum Gasteiger partial charge on any atom is 0.414 e. The molecule has 2 fully saturated rings. The minimum atomic E-state index is -0.347. The average molecular weight is 451 g/mol. The molecular formula is C23H21N3O7. The number of imide groups is 1. The molecule has 0 N–H and O–H groups in total.